The third-order valence-corrected chi connectivity index (χ3v) is 4.18. The van der Waals surface area contributed by atoms with E-state index < -0.39 is 5.82 Å². The summed E-state index contributed by atoms with van der Waals surface area (Å²) in [6.07, 6.45) is 1.11. The number of rotatable bonds is 3. The minimum absolute atomic E-state index is 0.130. The fraction of sp³-hybridized carbons (Fsp3) is 0.0625. The van der Waals surface area contributed by atoms with Crippen molar-refractivity contribution >= 4 is 38.3 Å². The molecule has 0 aliphatic carbocycles. The van der Waals surface area contributed by atoms with E-state index in [-0.39, 0.29) is 5.88 Å². The lowest BCUT2D eigenvalue weighted by atomic mass is 10.1. The number of fused-ring (bicyclic) bond motifs is 1. The summed E-state index contributed by atoms with van der Waals surface area (Å²) in [5.74, 6) is 0.614. The third kappa shape index (κ3) is 2.87. The van der Waals surface area contributed by atoms with Crippen molar-refractivity contribution < 1.29 is 9.13 Å². The summed E-state index contributed by atoms with van der Waals surface area (Å²) in [7, 11) is 0. The molecule has 0 unspecified atom stereocenters. The summed E-state index contributed by atoms with van der Waals surface area (Å²) in [5.41, 5.74) is 0.511. The molecule has 5 heteroatoms. The zero-order valence-electron chi connectivity index (χ0n) is 10.8. The Morgan fingerprint density at radius 2 is 2.00 bits per heavy atom. The SMILES string of the molecule is Fc1cnc(Oc2ccc3ccccc3c2Br)c(CCl)c1. The number of benzene rings is 2. The fourth-order valence-electron chi connectivity index (χ4n) is 2.05. The van der Waals surface area contributed by atoms with Crippen LogP contribution in [-0.4, -0.2) is 4.98 Å². The Morgan fingerprint density at radius 3 is 2.81 bits per heavy atom. The highest BCUT2D eigenvalue weighted by molar-refractivity contribution is 9.10. The van der Waals surface area contributed by atoms with Crippen LogP contribution < -0.4 is 4.74 Å². The van der Waals surface area contributed by atoms with E-state index >= 15 is 0 Å². The summed E-state index contributed by atoms with van der Waals surface area (Å²) >= 11 is 9.35. The highest BCUT2D eigenvalue weighted by atomic mass is 79.9. The molecule has 1 heterocycles. The molecular formula is C16H10BrClFNO. The Labute approximate surface area is 134 Å². The molecule has 106 valence electrons. The molecule has 0 atom stereocenters. The second kappa shape index (κ2) is 6.00. The number of ether oxygens (including phenoxy) is 1. The predicted octanol–water partition coefficient (Wildman–Crippen LogP) is 5.67. The quantitative estimate of drug-likeness (QED) is 0.557. The van der Waals surface area contributed by atoms with Gasteiger partial charge in [-0.25, -0.2) is 9.37 Å². The summed E-state index contributed by atoms with van der Waals surface area (Å²) < 4.78 is 19.8. The van der Waals surface area contributed by atoms with Gasteiger partial charge in [-0.15, -0.1) is 11.6 Å². The Hall–Kier alpha value is -1.65. The first-order valence-electron chi connectivity index (χ1n) is 6.24. The fourth-order valence-corrected chi connectivity index (χ4v) is 2.82. The molecule has 0 spiro atoms. The van der Waals surface area contributed by atoms with Crippen molar-refractivity contribution in [2.45, 2.75) is 5.88 Å². The van der Waals surface area contributed by atoms with Gasteiger partial charge in [-0.1, -0.05) is 30.3 Å². The Kier molecular flexibility index (Phi) is 4.08. The van der Waals surface area contributed by atoms with Gasteiger partial charge in [0.15, 0.2) is 0 Å². The molecule has 2 nitrogen and oxygen atoms in total. The van der Waals surface area contributed by atoms with Gasteiger partial charge in [0, 0.05) is 5.56 Å². The van der Waals surface area contributed by atoms with Crippen molar-refractivity contribution in [2.24, 2.45) is 0 Å². The van der Waals surface area contributed by atoms with E-state index in [4.69, 9.17) is 16.3 Å². The van der Waals surface area contributed by atoms with Crippen molar-refractivity contribution in [1.29, 1.82) is 0 Å². The molecule has 0 saturated carbocycles. The van der Waals surface area contributed by atoms with E-state index in [2.05, 4.69) is 20.9 Å². The van der Waals surface area contributed by atoms with E-state index in [0.29, 0.717) is 17.2 Å². The van der Waals surface area contributed by atoms with Crippen LogP contribution in [-0.2, 0) is 5.88 Å². The Morgan fingerprint density at radius 1 is 1.19 bits per heavy atom. The lowest BCUT2D eigenvalue weighted by Gasteiger charge is -2.11. The molecular weight excluding hydrogens is 357 g/mol. The molecule has 0 radical (unpaired) electrons. The number of hydrogen-bond donors (Lipinski definition) is 0. The maximum atomic E-state index is 13.2. The van der Waals surface area contributed by atoms with Crippen molar-refractivity contribution in [3.8, 4) is 11.6 Å². The molecule has 1 aromatic heterocycles. The monoisotopic (exact) mass is 365 g/mol. The first-order valence-corrected chi connectivity index (χ1v) is 7.57. The highest BCUT2D eigenvalue weighted by Gasteiger charge is 2.11. The van der Waals surface area contributed by atoms with E-state index in [1.165, 1.54) is 6.07 Å². The largest absolute Gasteiger partial charge is 0.437 e. The maximum absolute atomic E-state index is 13.2. The van der Waals surface area contributed by atoms with Gasteiger partial charge in [-0.05, 0) is 38.8 Å². The Bertz CT molecular complexity index is 809. The minimum atomic E-state index is -0.435. The van der Waals surface area contributed by atoms with Gasteiger partial charge < -0.3 is 4.74 Å². The standard InChI is InChI=1S/C16H10BrClFNO/c17-15-13-4-2-1-3-10(13)5-6-14(15)21-16-11(8-18)7-12(19)9-20-16/h1-7,9H,8H2. The Balaban J connectivity index is 2.04. The van der Waals surface area contributed by atoms with Crippen molar-refractivity contribution in [3.05, 3.63) is 64.5 Å². The van der Waals surface area contributed by atoms with Crippen LogP contribution in [0.5, 0.6) is 11.6 Å². The molecule has 0 N–H and O–H groups in total. The molecule has 0 saturated heterocycles. The summed E-state index contributed by atoms with van der Waals surface area (Å²) in [6.45, 7) is 0. The number of aromatic nitrogens is 1. The van der Waals surface area contributed by atoms with Crippen molar-refractivity contribution in [2.75, 3.05) is 0 Å². The van der Waals surface area contributed by atoms with E-state index in [1.807, 2.05) is 36.4 Å². The number of alkyl halides is 1. The van der Waals surface area contributed by atoms with E-state index in [9.17, 15) is 4.39 Å². The molecule has 3 rings (SSSR count). The van der Waals surface area contributed by atoms with Gasteiger partial charge in [-0.2, -0.15) is 0 Å². The van der Waals surface area contributed by atoms with Crippen LogP contribution in [0, 0.1) is 5.82 Å². The van der Waals surface area contributed by atoms with Gasteiger partial charge in [0.2, 0.25) is 5.88 Å². The average molecular weight is 367 g/mol. The van der Waals surface area contributed by atoms with Gasteiger partial charge >= 0.3 is 0 Å². The first-order chi connectivity index (χ1) is 10.2. The molecule has 3 aromatic rings. The van der Waals surface area contributed by atoms with E-state index in [0.717, 1.165) is 21.4 Å². The summed E-state index contributed by atoms with van der Waals surface area (Å²) in [6, 6.07) is 13.1. The lowest BCUT2D eigenvalue weighted by Crippen LogP contribution is -1.95. The number of halogens is 3. The summed E-state index contributed by atoms with van der Waals surface area (Å²) in [5, 5.41) is 2.13. The predicted molar refractivity (Wildman–Crippen MR) is 85.5 cm³/mol. The van der Waals surface area contributed by atoms with Crippen LogP contribution in [0.4, 0.5) is 4.39 Å². The third-order valence-electron chi connectivity index (χ3n) is 3.07. The number of nitrogens with zero attached hydrogens (tertiary/aromatic N) is 1. The number of pyridine rings is 1. The van der Waals surface area contributed by atoms with Gasteiger partial charge in [0.1, 0.15) is 11.6 Å². The molecule has 0 aliphatic rings. The zero-order valence-corrected chi connectivity index (χ0v) is 13.2. The highest BCUT2D eigenvalue weighted by Crippen LogP contribution is 2.36. The van der Waals surface area contributed by atoms with Crippen LogP contribution in [0.25, 0.3) is 10.8 Å². The zero-order chi connectivity index (χ0) is 14.8. The normalized spacial score (nSPS) is 10.8. The van der Waals surface area contributed by atoms with E-state index in [1.54, 1.807) is 0 Å². The molecule has 2 aromatic carbocycles. The maximum Gasteiger partial charge on any atom is 0.223 e. The smallest absolute Gasteiger partial charge is 0.223 e. The summed E-state index contributed by atoms with van der Waals surface area (Å²) in [4.78, 5) is 3.96. The van der Waals surface area contributed by atoms with Crippen LogP contribution >= 0.6 is 27.5 Å². The molecule has 21 heavy (non-hydrogen) atoms. The topological polar surface area (TPSA) is 22.1 Å². The second-order valence-electron chi connectivity index (χ2n) is 4.45. The van der Waals surface area contributed by atoms with Gasteiger partial charge in [-0.3, -0.25) is 0 Å². The first kappa shape index (κ1) is 14.3. The second-order valence-corrected chi connectivity index (χ2v) is 5.51. The van der Waals surface area contributed by atoms with Crippen LogP contribution in [0.15, 0.2) is 53.1 Å². The molecule has 0 amide bonds. The molecule has 0 fully saturated rings. The van der Waals surface area contributed by atoms with Gasteiger partial charge in [0.25, 0.3) is 0 Å². The molecule has 0 aliphatic heterocycles. The molecule has 0 bridgehead atoms. The minimum Gasteiger partial charge on any atom is -0.437 e. The van der Waals surface area contributed by atoms with Crippen LogP contribution in [0.1, 0.15) is 5.56 Å². The average Bonchev–Trinajstić information content (AvgIpc) is 2.51. The number of hydrogen-bond acceptors (Lipinski definition) is 2. The van der Waals surface area contributed by atoms with Gasteiger partial charge in [0.05, 0.1) is 16.5 Å². The van der Waals surface area contributed by atoms with Crippen LogP contribution in [0.3, 0.4) is 0 Å². The van der Waals surface area contributed by atoms with Crippen molar-refractivity contribution in [3.63, 3.8) is 0 Å². The van der Waals surface area contributed by atoms with Crippen LogP contribution in [0.2, 0.25) is 0 Å². The lowest BCUT2D eigenvalue weighted by molar-refractivity contribution is 0.452. The van der Waals surface area contributed by atoms with Crippen molar-refractivity contribution in [1.82, 2.24) is 4.98 Å².